The van der Waals surface area contributed by atoms with Crippen LogP contribution >= 0.6 is 34.5 Å². The molecule has 0 unspecified atom stereocenters. The van der Waals surface area contributed by atoms with Crippen molar-refractivity contribution in [3.8, 4) is 0 Å². The number of amides is 2. The van der Waals surface area contributed by atoms with Gasteiger partial charge in [0, 0.05) is 10.4 Å². The van der Waals surface area contributed by atoms with Gasteiger partial charge in [-0.2, -0.15) is 0 Å². The van der Waals surface area contributed by atoms with E-state index in [2.05, 4.69) is 15.6 Å². The van der Waals surface area contributed by atoms with Crippen LogP contribution in [0.2, 0.25) is 10.0 Å². The Morgan fingerprint density at radius 3 is 2.68 bits per heavy atom. The number of halogens is 2. The van der Waals surface area contributed by atoms with Gasteiger partial charge in [0.1, 0.15) is 12.2 Å². The van der Waals surface area contributed by atoms with E-state index < -0.39 is 17.8 Å². The van der Waals surface area contributed by atoms with Crippen LogP contribution in [0.4, 0.5) is 5.13 Å². The van der Waals surface area contributed by atoms with Gasteiger partial charge < -0.3 is 10.1 Å². The van der Waals surface area contributed by atoms with Crippen molar-refractivity contribution in [1.82, 2.24) is 10.3 Å². The zero-order valence-electron chi connectivity index (χ0n) is 13.0. The number of esters is 1. The molecule has 0 saturated carbocycles. The van der Waals surface area contributed by atoms with Crippen LogP contribution in [0.3, 0.4) is 0 Å². The second-order valence-corrected chi connectivity index (χ2v) is 6.31. The summed E-state index contributed by atoms with van der Waals surface area (Å²) in [4.78, 5) is 39.3. The predicted molar refractivity (Wildman–Crippen MR) is 95.5 cm³/mol. The van der Waals surface area contributed by atoms with Gasteiger partial charge >= 0.3 is 5.97 Å². The molecule has 2 rings (SSSR count). The Morgan fingerprint density at radius 1 is 1.24 bits per heavy atom. The molecular formula is C15H13Cl2N3O4S. The average molecular weight is 402 g/mol. The molecule has 0 atom stereocenters. The van der Waals surface area contributed by atoms with Gasteiger partial charge in [-0.25, -0.2) is 4.98 Å². The van der Waals surface area contributed by atoms with Crippen molar-refractivity contribution in [3.05, 3.63) is 44.9 Å². The summed E-state index contributed by atoms with van der Waals surface area (Å²) in [6.45, 7) is 1.64. The van der Waals surface area contributed by atoms with Gasteiger partial charge in [-0.3, -0.25) is 19.7 Å². The van der Waals surface area contributed by atoms with E-state index in [1.54, 1.807) is 13.0 Å². The Balaban J connectivity index is 1.97. The second kappa shape index (κ2) is 8.80. The molecule has 0 spiro atoms. The number of hydrogen-bond acceptors (Lipinski definition) is 6. The lowest BCUT2D eigenvalue weighted by Crippen LogP contribution is -2.30. The predicted octanol–water partition coefficient (Wildman–Crippen LogP) is 3.00. The van der Waals surface area contributed by atoms with Crippen LogP contribution in [0.25, 0.3) is 0 Å². The zero-order valence-corrected chi connectivity index (χ0v) is 15.3. The molecule has 0 saturated heterocycles. The molecule has 1 aromatic carbocycles. The summed E-state index contributed by atoms with van der Waals surface area (Å²) in [5.41, 5.74) is 0.307. The highest BCUT2D eigenvalue weighted by Gasteiger charge is 2.16. The molecule has 0 radical (unpaired) electrons. The maximum atomic E-state index is 12.2. The van der Waals surface area contributed by atoms with Crippen molar-refractivity contribution < 1.29 is 19.1 Å². The number of ether oxygens (including phenoxy) is 1. The van der Waals surface area contributed by atoms with E-state index in [4.69, 9.17) is 27.9 Å². The summed E-state index contributed by atoms with van der Waals surface area (Å²) in [5, 5.41) is 7.22. The van der Waals surface area contributed by atoms with Crippen molar-refractivity contribution in [2.24, 2.45) is 0 Å². The van der Waals surface area contributed by atoms with Crippen molar-refractivity contribution in [2.75, 3.05) is 18.5 Å². The number of nitrogens with zero attached hydrogens (tertiary/aromatic N) is 1. The molecule has 2 N–H and O–H groups in total. The van der Waals surface area contributed by atoms with Crippen LogP contribution in [-0.2, 0) is 9.53 Å². The van der Waals surface area contributed by atoms with Gasteiger partial charge in [0.25, 0.3) is 11.8 Å². The Kier molecular flexibility index (Phi) is 6.74. The monoisotopic (exact) mass is 401 g/mol. The molecule has 7 nitrogen and oxygen atoms in total. The third-order valence-corrected chi connectivity index (χ3v) is 4.14. The number of nitrogens with one attached hydrogen (secondary N) is 2. The summed E-state index contributed by atoms with van der Waals surface area (Å²) < 4.78 is 4.70. The third kappa shape index (κ3) is 5.42. The van der Waals surface area contributed by atoms with E-state index in [0.29, 0.717) is 5.02 Å². The highest BCUT2D eigenvalue weighted by molar-refractivity contribution is 7.14. The number of aromatic nitrogens is 1. The van der Waals surface area contributed by atoms with Crippen LogP contribution in [0.5, 0.6) is 0 Å². The Labute approximate surface area is 157 Å². The zero-order chi connectivity index (χ0) is 18.4. The molecule has 1 aromatic heterocycles. The quantitative estimate of drug-likeness (QED) is 0.724. The summed E-state index contributed by atoms with van der Waals surface area (Å²) in [6.07, 6.45) is 0. The lowest BCUT2D eigenvalue weighted by atomic mass is 10.2. The lowest BCUT2D eigenvalue weighted by molar-refractivity contribution is -0.141. The molecule has 10 heteroatoms. The number of hydrogen-bond donors (Lipinski definition) is 2. The number of carbonyl (C=O) groups excluding carboxylic acids is 3. The van der Waals surface area contributed by atoms with Crippen LogP contribution in [0.15, 0.2) is 23.6 Å². The highest BCUT2D eigenvalue weighted by atomic mass is 35.5. The number of carbonyl (C=O) groups is 3. The second-order valence-electron chi connectivity index (χ2n) is 4.60. The number of benzene rings is 1. The molecule has 0 aliphatic rings. The lowest BCUT2D eigenvalue weighted by Gasteiger charge is -2.04. The fourth-order valence-electron chi connectivity index (χ4n) is 1.73. The highest BCUT2D eigenvalue weighted by Crippen LogP contribution is 2.23. The fourth-order valence-corrected chi connectivity index (χ4v) is 2.91. The minimum atomic E-state index is -0.547. The minimum absolute atomic E-state index is 0.0757. The maximum absolute atomic E-state index is 12.2. The van der Waals surface area contributed by atoms with E-state index in [9.17, 15) is 14.4 Å². The van der Waals surface area contributed by atoms with Gasteiger partial charge in [0.05, 0.1) is 17.2 Å². The first kappa shape index (κ1) is 19.2. The molecular weight excluding hydrogens is 389 g/mol. The molecule has 1 heterocycles. The third-order valence-electron chi connectivity index (χ3n) is 2.83. The molecule has 25 heavy (non-hydrogen) atoms. The van der Waals surface area contributed by atoms with E-state index in [1.807, 2.05) is 0 Å². The van der Waals surface area contributed by atoms with Gasteiger partial charge in [-0.05, 0) is 25.1 Å². The van der Waals surface area contributed by atoms with Crippen molar-refractivity contribution in [1.29, 1.82) is 0 Å². The molecule has 0 aliphatic carbocycles. The first-order valence-electron chi connectivity index (χ1n) is 7.06. The van der Waals surface area contributed by atoms with Gasteiger partial charge in [0.15, 0.2) is 5.13 Å². The van der Waals surface area contributed by atoms with Crippen LogP contribution in [0.1, 0.15) is 27.8 Å². The van der Waals surface area contributed by atoms with Crippen molar-refractivity contribution in [3.63, 3.8) is 0 Å². The Morgan fingerprint density at radius 2 is 2.00 bits per heavy atom. The standard InChI is InChI=1S/C15H13Cl2N3O4S/c1-2-24-12(21)6-18-14(23)11-7-25-15(19-11)20-13(22)9-4-3-8(16)5-10(9)17/h3-5,7H,2,6H2,1H3,(H,18,23)(H,19,20,22). The van der Waals surface area contributed by atoms with Crippen LogP contribution < -0.4 is 10.6 Å². The summed E-state index contributed by atoms with van der Waals surface area (Å²) in [5.74, 6) is -1.57. The van der Waals surface area contributed by atoms with E-state index in [0.717, 1.165) is 11.3 Å². The summed E-state index contributed by atoms with van der Waals surface area (Å²) in [6, 6.07) is 4.48. The SMILES string of the molecule is CCOC(=O)CNC(=O)c1csc(NC(=O)c2ccc(Cl)cc2Cl)n1. The first-order chi connectivity index (χ1) is 11.9. The van der Waals surface area contributed by atoms with Gasteiger partial charge in [-0.15, -0.1) is 11.3 Å². The van der Waals surface area contributed by atoms with Gasteiger partial charge in [-0.1, -0.05) is 23.2 Å². The van der Waals surface area contributed by atoms with Crippen LogP contribution in [-0.4, -0.2) is 35.9 Å². The number of anilines is 1. The van der Waals surface area contributed by atoms with Crippen LogP contribution in [0, 0.1) is 0 Å². The summed E-state index contributed by atoms with van der Waals surface area (Å²) in [7, 11) is 0. The van der Waals surface area contributed by atoms with Crippen molar-refractivity contribution >= 4 is 57.5 Å². The van der Waals surface area contributed by atoms with Gasteiger partial charge in [0.2, 0.25) is 0 Å². The molecule has 2 aromatic rings. The molecule has 0 bridgehead atoms. The molecule has 0 aliphatic heterocycles. The smallest absolute Gasteiger partial charge is 0.325 e. The topological polar surface area (TPSA) is 97.4 Å². The molecule has 2 amide bonds. The van der Waals surface area contributed by atoms with Crippen molar-refractivity contribution in [2.45, 2.75) is 6.92 Å². The minimum Gasteiger partial charge on any atom is -0.465 e. The Hall–Kier alpha value is -2.16. The van der Waals surface area contributed by atoms with E-state index >= 15 is 0 Å². The maximum Gasteiger partial charge on any atom is 0.325 e. The van der Waals surface area contributed by atoms with E-state index in [1.165, 1.54) is 17.5 Å². The largest absolute Gasteiger partial charge is 0.465 e. The number of rotatable bonds is 6. The first-order valence-corrected chi connectivity index (χ1v) is 8.70. The van der Waals surface area contributed by atoms with E-state index in [-0.39, 0.29) is 34.6 Å². The molecule has 132 valence electrons. The fraction of sp³-hybridized carbons (Fsp3) is 0.200. The Bertz CT molecular complexity index is 810. The summed E-state index contributed by atoms with van der Waals surface area (Å²) >= 11 is 12.8. The average Bonchev–Trinajstić information content (AvgIpc) is 3.01. The number of thiazole rings is 1. The normalized spacial score (nSPS) is 10.2. The molecule has 0 fully saturated rings.